The van der Waals surface area contributed by atoms with Gasteiger partial charge in [-0.25, -0.2) is 0 Å². The molecule has 1 aliphatic carbocycles. The number of hydrogen-bond donors (Lipinski definition) is 2. The number of pyridine rings is 1. The zero-order valence-electron chi connectivity index (χ0n) is 9.14. The smallest absolute Gasteiger partial charge is 0.253 e. The first kappa shape index (κ1) is 10.9. The molecule has 0 spiro atoms. The zero-order valence-corrected chi connectivity index (χ0v) is 9.14. The second-order valence-electron chi connectivity index (χ2n) is 3.96. The third-order valence-corrected chi connectivity index (χ3v) is 2.86. The van der Waals surface area contributed by atoms with Crippen LogP contribution in [-0.4, -0.2) is 30.1 Å². The molecule has 16 heavy (non-hydrogen) atoms. The Hall–Kier alpha value is -1.62. The monoisotopic (exact) mass is 221 g/mol. The summed E-state index contributed by atoms with van der Waals surface area (Å²) in [5, 5.41) is 2.91. The molecule has 0 aromatic carbocycles. The quantitative estimate of drug-likeness (QED) is 0.782. The Morgan fingerprint density at radius 2 is 2.38 bits per heavy atom. The third kappa shape index (κ3) is 2.14. The van der Waals surface area contributed by atoms with Crippen LogP contribution in [-0.2, 0) is 4.74 Å². The Bertz CT molecular complexity index is 389. The highest BCUT2D eigenvalue weighted by Gasteiger charge is 2.30. The maximum absolute atomic E-state index is 11.8. The van der Waals surface area contributed by atoms with Crippen molar-refractivity contribution in [3.8, 4) is 0 Å². The molecule has 1 amide bonds. The minimum absolute atomic E-state index is 0.139. The van der Waals surface area contributed by atoms with Gasteiger partial charge in [0.15, 0.2) is 0 Å². The molecule has 1 aromatic heterocycles. The van der Waals surface area contributed by atoms with E-state index in [9.17, 15) is 4.79 Å². The van der Waals surface area contributed by atoms with Crippen molar-refractivity contribution in [1.82, 2.24) is 10.3 Å². The van der Waals surface area contributed by atoms with Crippen molar-refractivity contribution in [3.05, 3.63) is 24.0 Å². The van der Waals surface area contributed by atoms with Crippen LogP contribution in [0.5, 0.6) is 0 Å². The van der Waals surface area contributed by atoms with E-state index in [1.54, 1.807) is 19.4 Å². The number of carbonyl (C=O) groups is 1. The molecule has 0 atom stereocenters. The van der Waals surface area contributed by atoms with Crippen LogP contribution in [0.3, 0.4) is 0 Å². The van der Waals surface area contributed by atoms with E-state index in [0.29, 0.717) is 11.3 Å². The van der Waals surface area contributed by atoms with E-state index in [-0.39, 0.29) is 18.1 Å². The molecule has 0 unspecified atom stereocenters. The number of ether oxygens (including phenoxy) is 1. The number of hydrogen-bond acceptors (Lipinski definition) is 4. The second kappa shape index (κ2) is 4.49. The van der Waals surface area contributed by atoms with Gasteiger partial charge < -0.3 is 15.8 Å². The maximum atomic E-state index is 11.8. The average Bonchev–Trinajstić information content (AvgIpc) is 2.23. The summed E-state index contributed by atoms with van der Waals surface area (Å²) in [6, 6.07) is 1.82. The fourth-order valence-corrected chi connectivity index (χ4v) is 1.75. The first-order chi connectivity index (χ1) is 7.70. The van der Waals surface area contributed by atoms with Gasteiger partial charge in [-0.05, 0) is 18.9 Å². The van der Waals surface area contributed by atoms with Gasteiger partial charge in [-0.3, -0.25) is 9.78 Å². The van der Waals surface area contributed by atoms with Gasteiger partial charge in [0.2, 0.25) is 0 Å². The molecule has 2 rings (SSSR count). The molecular weight excluding hydrogens is 206 g/mol. The summed E-state index contributed by atoms with van der Waals surface area (Å²) in [7, 11) is 1.68. The third-order valence-electron chi connectivity index (χ3n) is 2.86. The average molecular weight is 221 g/mol. The number of nitrogens with zero attached hydrogens (tertiary/aromatic N) is 1. The minimum atomic E-state index is -0.139. The highest BCUT2D eigenvalue weighted by molar-refractivity contribution is 5.99. The van der Waals surface area contributed by atoms with Crippen molar-refractivity contribution in [2.75, 3.05) is 12.8 Å². The standard InChI is InChI=1S/C11H15N3O2/c1-16-8-4-7(5-8)14-11(15)9-2-3-13-6-10(9)12/h2-3,6-8H,4-5,12H2,1H3,(H,14,15). The van der Waals surface area contributed by atoms with Gasteiger partial charge in [-0.2, -0.15) is 0 Å². The van der Waals surface area contributed by atoms with Crippen LogP contribution in [0.15, 0.2) is 18.5 Å². The van der Waals surface area contributed by atoms with Gasteiger partial charge in [-0.1, -0.05) is 0 Å². The second-order valence-corrected chi connectivity index (χ2v) is 3.96. The maximum Gasteiger partial charge on any atom is 0.253 e. The lowest BCUT2D eigenvalue weighted by Crippen LogP contribution is -2.47. The lowest BCUT2D eigenvalue weighted by Gasteiger charge is -2.34. The van der Waals surface area contributed by atoms with Crippen molar-refractivity contribution in [2.24, 2.45) is 0 Å². The molecule has 1 heterocycles. The van der Waals surface area contributed by atoms with E-state index in [4.69, 9.17) is 10.5 Å². The SMILES string of the molecule is COC1CC(NC(=O)c2ccncc2N)C1. The number of nitrogens with one attached hydrogen (secondary N) is 1. The molecule has 1 fully saturated rings. The van der Waals surface area contributed by atoms with E-state index < -0.39 is 0 Å². The van der Waals surface area contributed by atoms with Crippen LogP contribution in [0.2, 0.25) is 0 Å². The van der Waals surface area contributed by atoms with Crippen LogP contribution in [0.25, 0.3) is 0 Å². The molecule has 5 nitrogen and oxygen atoms in total. The van der Waals surface area contributed by atoms with Gasteiger partial charge in [0.25, 0.3) is 5.91 Å². The molecule has 3 N–H and O–H groups in total. The van der Waals surface area contributed by atoms with E-state index in [0.717, 1.165) is 12.8 Å². The summed E-state index contributed by atoms with van der Waals surface area (Å²) in [5.41, 5.74) is 6.55. The molecule has 0 aliphatic heterocycles. The van der Waals surface area contributed by atoms with E-state index >= 15 is 0 Å². The van der Waals surface area contributed by atoms with Gasteiger partial charge >= 0.3 is 0 Å². The van der Waals surface area contributed by atoms with Gasteiger partial charge in [-0.15, -0.1) is 0 Å². The number of carbonyl (C=O) groups excluding carboxylic acids is 1. The Morgan fingerprint density at radius 1 is 1.62 bits per heavy atom. The largest absolute Gasteiger partial charge is 0.397 e. The number of anilines is 1. The highest BCUT2D eigenvalue weighted by Crippen LogP contribution is 2.23. The van der Waals surface area contributed by atoms with Crippen molar-refractivity contribution in [2.45, 2.75) is 25.0 Å². The number of amides is 1. The van der Waals surface area contributed by atoms with Crippen molar-refractivity contribution in [1.29, 1.82) is 0 Å². The fraction of sp³-hybridized carbons (Fsp3) is 0.455. The van der Waals surface area contributed by atoms with Gasteiger partial charge in [0, 0.05) is 19.3 Å². The lowest BCUT2D eigenvalue weighted by atomic mass is 9.89. The molecule has 86 valence electrons. The van der Waals surface area contributed by atoms with Gasteiger partial charge in [0.1, 0.15) is 0 Å². The number of methoxy groups -OCH3 is 1. The number of aromatic nitrogens is 1. The Kier molecular flexibility index (Phi) is 3.05. The summed E-state index contributed by atoms with van der Waals surface area (Å²) in [6.07, 6.45) is 5.05. The summed E-state index contributed by atoms with van der Waals surface area (Å²) < 4.78 is 5.14. The van der Waals surface area contributed by atoms with Crippen LogP contribution < -0.4 is 11.1 Å². The van der Waals surface area contributed by atoms with Crippen molar-refractivity contribution in [3.63, 3.8) is 0 Å². The van der Waals surface area contributed by atoms with E-state index in [1.807, 2.05) is 0 Å². The number of nitrogen functional groups attached to an aromatic ring is 1. The summed E-state index contributed by atoms with van der Waals surface area (Å²) >= 11 is 0. The number of nitrogens with two attached hydrogens (primary N) is 1. The first-order valence-electron chi connectivity index (χ1n) is 5.24. The molecule has 1 saturated carbocycles. The Labute approximate surface area is 94.0 Å². The molecular formula is C11H15N3O2. The van der Waals surface area contributed by atoms with E-state index in [2.05, 4.69) is 10.3 Å². The van der Waals surface area contributed by atoms with Crippen LogP contribution in [0.4, 0.5) is 5.69 Å². The topological polar surface area (TPSA) is 77.2 Å². The predicted octanol–water partition coefficient (Wildman–Crippen LogP) is 0.571. The first-order valence-corrected chi connectivity index (χ1v) is 5.24. The van der Waals surface area contributed by atoms with Crippen molar-refractivity contribution >= 4 is 11.6 Å². The number of rotatable bonds is 3. The van der Waals surface area contributed by atoms with Crippen LogP contribution >= 0.6 is 0 Å². The predicted molar refractivity (Wildman–Crippen MR) is 59.9 cm³/mol. The molecule has 0 saturated heterocycles. The molecule has 5 heteroatoms. The zero-order chi connectivity index (χ0) is 11.5. The minimum Gasteiger partial charge on any atom is -0.397 e. The summed E-state index contributed by atoms with van der Waals surface area (Å²) in [6.45, 7) is 0. The van der Waals surface area contributed by atoms with Crippen LogP contribution in [0.1, 0.15) is 23.2 Å². The molecule has 1 aliphatic rings. The molecule has 1 aromatic rings. The fourth-order valence-electron chi connectivity index (χ4n) is 1.75. The Balaban J connectivity index is 1.92. The van der Waals surface area contributed by atoms with Crippen LogP contribution in [0, 0.1) is 0 Å². The van der Waals surface area contributed by atoms with Crippen molar-refractivity contribution < 1.29 is 9.53 Å². The Morgan fingerprint density at radius 3 is 3.00 bits per heavy atom. The highest BCUT2D eigenvalue weighted by atomic mass is 16.5. The summed E-state index contributed by atoms with van der Waals surface area (Å²) in [4.78, 5) is 15.6. The van der Waals surface area contributed by atoms with Gasteiger partial charge in [0.05, 0.1) is 23.6 Å². The molecule has 0 radical (unpaired) electrons. The summed E-state index contributed by atoms with van der Waals surface area (Å²) in [5.74, 6) is -0.139. The lowest BCUT2D eigenvalue weighted by molar-refractivity contribution is 0.0176. The van der Waals surface area contributed by atoms with E-state index in [1.165, 1.54) is 6.20 Å². The normalized spacial score (nSPS) is 23.6. The molecule has 0 bridgehead atoms.